The van der Waals surface area contributed by atoms with Crippen molar-refractivity contribution in [3.63, 3.8) is 0 Å². The highest BCUT2D eigenvalue weighted by Gasteiger charge is 2.39. The summed E-state index contributed by atoms with van der Waals surface area (Å²) < 4.78 is 4.42. The molecule has 3 aliphatic heterocycles. The fraction of sp³-hybridized carbons (Fsp3) is 0.450. The number of fused-ring (bicyclic) bond motifs is 1. The maximum atomic E-state index is 12.9. The van der Waals surface area contributed by atoms with E-state index in [2.05, 4.69) is 30.2 Å². The Balaban J connectivity index is 1.28. The molecule has 5 rings (SSSR count). The molecule has 10 nitrogen and oxygen atoms in total. The van der Waals surface area contributed by atoms with Crippen LogP contribution < -0.4 is 20.9 Å². The fourth-order valence-electron chi connectivity index (χ4n) is 4.26. The van der Waals surface area contributed by atoms with Crippen molar-refractivity contribution in [3.05, 3.63) is 34.9 Å². The number of benzene rings is 1. The van der Waals surface area contributed by atoms with Gasteiger partial charge < -0.3 is 20.4 Å². The summed E-state index contributed by atoms with van der Waals surface area (Å²) in [4.78, 5) is 45.0. The first-order valence-corrected chi connectivity index (χ1v) is 11.2. The lowest BCUT2D eigenvalue weighted by atomic mass is 10.0. The minimum atomic E-state index is -0.611. The van der Waals surface area contributed by atoms with E-state index in [9.17, 15) is 14.4 Å². The third-order valence-corrected chi connectivity index (χ3v) is 6.70. The fourth-order valence-corrected chi connectivity index (χ4v) is 4.96. The van der Waals surface area contributed by atoms with E-state index in [1.165, 1.54) is 11.5 Å². The molecule has 0 bridgehead atoms. The Morgan fingerprint density at radius 3 is 2.84 bits per heavy atom. The number of rotatable bonds is 5. The van der Waals surface area contributed by atoms with Crippen LogP contribution in [0.2, 0.25) is 0 Å². The van der Waals surface area contributed by atoms with Crippen molar-refractivity contribution in [3.8, 4) is 0 Å². The molecule has 31 heavy (non-hydrogen) atoms. The average molecular weight is 442 g/mol. The molecule has 0 spiro atoms. The normalized spacial score (nSPS) is 21.3. The maximum absolute atomic E-state index is 12.9. The summed E-state index contributed by atoms with van der Waals surface area (Å²) in [7, 11) is 0. The van der Waals surface area contributed by atoms with Crippen LogP contribution in [0.4, 0.5) is 11.1 Å². The van der Waals surface area contributed by atoms with E-state index in [1.54, 1.807) is 11.0 Å². The number of hydrogen-bond acceptors (Lipinski definition) is 9. The topological polar surface area (TPSA) is 120 Å². The number of hydrogen-bond donors (Lipinski definition) is 3. The second-order valence-corrected chi connectivity index (χ2v) is 8.56. The van der Waals surface area contributed by atoms with E-state index in [0.717, 1.165) is 42.4 Å². The SMILES string of the molecule is O=C1CCC(N2Cc3c(CNc4nsc(N5CCNCC5)n4)cccc3C2=O)C(=O)N1. The first kappa shape index (κ1) is 19.9. The molecule has 2 saturated heterocycles. The predicted molar refractivity (Wildman–Crippen MR) is 115 cm³/mol. The molecule has 4 heterocycles. The van der Waals surface area contributed by atoms with E-state index in [-0.39, 0.29) is 18.2 Å². The van der Waals surface area contributed by atoms with E-state index in [1.807, 2.05) is 12.1 Å². The highest BCUT2D eigenvalue weighted by Crippen LogP contribution is 2.30. The van der Waals surface area contributed by atoms with E-state index in [4.69, 9.17) is 0 Å². The first-order valence-electron chi connectivity index (χ1n) is 10.4. The zero-order valence-corrected chi connectivity index (χ0v) is 17.7. The number of piperidine rings is 1. The van der Waals surface area contributed by atoms with Crippen molar-refractivity contribution in [1.82, 2.24) is 24.9 Å². The number of imide groups is 1. The molecular formula is C20H23N7O3S. The molecule has 3 N–H and O–H groups in total. The predicted octanol–water partition coefficient (Wildman–Crippen LogP) is 0.321. The minimum Gasteiger partial charge on any atom is -0.349 e. The van der Waals surface area contributed by atoms with Crippen LogP contribution in [0.3, 0.4) is 0 Å². The third-order valence-electron chi connectivity index (χ3n) is 5.92. The number of amides is 3. The van der Waals surface area contributed by atoms with Crippen LogP contribution in [0, 0.1) is 0 Å². The van der Waals surface area contributed by atoms with Crippen molar-refractivity contribution in [2.24, 2.45) is 0 Å². The van der Waals surface area contributed by atoms with Gasteiger partial charge in [0.05, 0.1) is 0 Å². The molecule has 0 radical (unpaired) electrons. The molecule has 2 aromatic rings. The molecule has 1 aromatic carbocycles. The molecule has 2 fully saturated rings. The Hall–Kier alpha value is -3.05. The van der Waals surface area contributed by atoms with Crippen LogP contribution in [0.25, 0.3) is 0 Å². The Morgan fingerprint density at radius 1 is 1.19 bits per heavy atom. The summed E-state index contributed by atoms with van der Waals surface area (Å²) in [5.74, 6) is -0.281. The van der Waals surface area contributed by atoms with E-state index in [0.29, 0.717) is 31.0 Å². The molecule has 1 atom stereocenters. The average Bonchev–Trinajstić information content (AvgIpc) is 3.38. The molecule has 0 aliphatic carbocycles. The molecule has 3 amide bonds. The van der Waals surface area contributed by atoms with Crippen LogP contribution in [0.1, 0.15) is 34.3 Å². The van der Waals surface area contributed by atoms with E-state index >= 15 is 0 Å². The standard InChI is InChI=1S/C20H23N7O3S/c28-16-5-4-15(17(29)23-16)27-11-14-12(2-1-3-13(14)18(27)30)10-22-19-24-20(31-25-19)26-8-6-21-7-9-26/h1-3,15,21H,4-11H2,(H,22,25)(H,23,28,29). The number of aromatic nitrogens is 2. The summed E-state index contributed by atoms with van der Waals surface area (Å²) in [6, 6.07) is 5.00. The number of nitrogens with one attached hydrogen (secondary N) is 3. The molecule has 0 saturated carbocycles. The van der Waals surface area contributed by atoms with Crippen molar-refractivity contribution in [2.45, 2.75) is 32.0 Å². The van der Waals surface area contributed by atoms with Crippen LogP contribution in [0.15, 0.2) is 18.2 Å². The van der Waals surface area contributed by atoms with Gasteiger partial charge in [0.15, 0.2) is 0 Å². The summed E-state index contributed by atoms with van der Waals surface area (Å²) in [6.45, 7) is 4.55. The van der Waals surface area contributed by atoms with Gasteiger partial charge in [0, 0.05) is 62.8 Å². The second-order valence-electron chi connectivity index (χ2n) is 7.83. The Kier molecular flexibility index (Phi) is 5.28. The van der Waals surface area contributed by atoms with Crippen molar-refractivity contribution >= 4 is 40.3 Å². The lowest BCUT2D eigenvalue weighted by Crippen LogP contribution is -2.52. The van der Waals surface area contributed by atoms with Crippen LogP contribution >= 0.6 is 11.5 Å². The first-order chi connectivity index (χ1) is 15.1. The zero-order chi connectivity index (χ0) is 21.4. The Bertz CT molecular complexity index is 1030. The Morgan fingerprint density at radius 2 is 2.03 bits per heavy atom. The Labute approximate surface area is 183 Å². The summed E-state index contributed by atoms with van der Waals surface area (Å²) in [5.41, 5.74) is 2.48. The maximum Gasteiger partial charge on any atom is 0.255 e. The monoisotopic (exact) mass is 441 g/mol. The van der Waals surface area contributed by atoms with Gasteiger partial charge in [-0.25, -0.2) is 0 Å². The lowest BCUT2D eigenvalue weighted by molar-refractivity contribution is -0.136. The van der Waals surface area contributed by atoms with Crippen LogP contribution in [-0.4, -0.2) is 64.2 Å². The quantitative estimate of drug-likeness (QED) is 0.568. The molecule has 1 unspecified atom stereocenters. The number of piperazine rings is 1. The molecule has 11 heteroatoms. The summed E-state index contributed by atoms with van der Waals surface area (Å²) in [6.07, 6.45) is 0.603. The van der Waals surface area contributed by atoms with Crippen LogP contribution in [-0.2, 0) is 22.7 Å². The molecule has 3 aliphatic rings. The lowest BCUT2D eigenvalue weighted by Gasteiger charge is -2.29. The number of carbonyl (C=O) groups is 3. The molecular weight excluding hydrogens is 418 g/mol. The zero-order valence-electron chi connectivity index (χ0n) is 16.9. The summed E-state index contributed by atoms with van der Waals surface area (Å²) >= 11 is 1.38. The summed E-state index contributed by atoms with van der Waals surface area (Å²) in [5, 5.41) is 9.83. The van der Waals surface area contributed by atoms with Gasteiger partial charge in [0.2, 0.25) is 22.9 Å². The smallest absolute Gasteiger partial charge is 0.255 e. The van der Waals surface area contributed by atoms with Crippen LogP contribution in [0.5, 0.6) is 0 Å². The second kappa shape index (κ2) is 8.23. The highest BCUT2D eigenvalue weighted by molar-refractivity contribution is 7.09. The highest BCUT2D eigenvalue weighted by atomic mass is 32.1. The molecule has 162 valence electrons. The van der Waals surface area contributed by atoms with Gasteiger partial charge >= 0.3 is 0 Å². The third kappa shape index (κ3) is 3.86. The van der Waals surface area contributed by atoms with Crippen molar-refractivity contribution < 1.29 is 14.4 Å². The van der Waals surface area contributed by atoms with Gasteiger partial charge in [-0.3, -0.25) is 19.7 Å². The van der Waals surface area contributed by atoms with Gasteiger partial charge in [0.1, 0.15) is 6.04 Å². The minimum absolute atomic E-state index is 0.167. The van der Waals surface area contributed by atoms with Crippen molar-refractivity contribution in [2.75, 3.05) is 36.4 Å². The number of carbonyl (C=O) groups excluding carboxylic acids is 3. The van der Waals surface area contributed by atoms with Crippen molar-refractivity contribution in [1.29, 1.82) is 0 Å². The number of anilines is 2. The van der Waals surface area contributed by atoms with Gasteiger partial charge in [-0.1, -0.05) is 12.1 Å². The molecule has 1 aromatic heterocycles. The number of nitrogens with zero attached hydrogens (tertiary/aromatic N) is 4. The van der Waals surface area contributed by atoms with Gasteiger partial charge in [-0.15, -0.1) is 0 Å². The van der Waals surface area contributed by atoms with Gasteiger partial charge in [0.25, 0.3) is 5.91 Å². The van der Waals surface area contributed by atoms with E-state index < -0.39 is 11.9 Å². The van der Waals surface area contributed by atoms with Gasteiger partial charge in [-0.05, 0) is 23.6 Å². The van der Waals surface area contributed by atoms with Gasteiger partial charge in [-0.2, -0.15) is 9.36 Å². The largest absolute Gasteiger partial charge is 0.349 e.